The maximum atomic E-state index is 12.7. The monoisotopic (exact) mass is 464 g/mol. The highest BCUT2D eigenvalue weighted by molar-refractivity contribution is 6.04. The molecular weight excluding hydrogens is 444 g/mol. The van der Waals surface area contributed by atoms with Crippen LogP contribution in [0.2, 0.25) is 0 Å². The van der Waals surface area contributed by atoms with E-state index < -0.39 is 24.9 Å². The van der Waals surface area contributed by atoms with Gasteiger partial charge in [0.2, 0.25) is 5.91 Å². The second-order valence-corrected chi connectivity index (χ2v) is 7.02. The number of para-hydroxylation sites is 1. The highest BCUT2D eigenvalue weighted by Gasteiger charge is 2.14. The molecule has 0 unspecified atom stereocenters. The van der Waals surface area contributed by atoms with Crippen LogP contribution in [0, 0.1) is 0 Å². The lowest BCUT2D eigenvalue weighted by atomic mass is 10.1. The van der Waals surface area contributed by atoms with E-state index in [0.29, 0.717) is 22.9 Å². The van der Waals surface area contributed by atoms with E-state index in [1.807, 2.05) is 13.8 Å². The van der Waals surface area contributed by atoms with Gasteiger partial charge in [0.25, 0.3) is 0 Å². The van der Waals surface area contributed by atoms with E-state index in [9.17, 15) is 22.4 Å². The lowest BCUT2D eigenvalue weighted by Crippen LogP contribution is -2.09. The van der Waals surface area contributed by atoms with Gasteiger partial charge in [0.05, 0.1) is 5.69 Å². The number of anilines is 1. The highest BCUT2D eigenvalue weighted by atomic mass is 19.3. The Hall–Kier alpha value is -3.89. The first kappa shape index (κ1) is 23.8. The second kappa shape index (κ2) is 10.6. The number of hydrogen-bond acceptors (Lipinski definition) is 5. The summed E-state index contributed by atoms with van der Waals surface area (Å²) in [6.07, 6.45) is 2.31. The molecule has 7 nitrogen and oxygen atoms in total. The molecule has 2 N–H and O–H groups in total. The zero-order chi connectivity index (χ0) is 24.0. The maximum Gasteiger partial charge on any atom is 0.387 e. The van der Waals surface area contributed by atoms with Gasteiger partial charge in [-0.25, -0.2) is 4.98 Å². The smallest absolute Gasteiger partial charge is 0.387 e. The molecule has 0 spiro atoms. The molecular formula is C22H20F4N4O3. The molecule has 0 aliphatic carbocycles. The molecule has 0 radical (unpaired) electrons. The molecule has 0 aliphatic heterocycles. The van der Waals surface area contributed by atoms with Crippen LogP contribution in [0.15, 0.2) is 48.5 Å². The predicted octanol–water partition coefficient (Wildman–Crippen LogP) is 5.45. The number of aromatic nitrogens is 3. The number of nitrogens with zero attached hydrogens (tertiary/aromatic N) is 2. The Kier molecular flexibility index (Phi) is 7.65. The van der Waals surface area contributed by atoms with Crippen molar-refractivity contribution in [1.82, 2.24) is 15.2 Å². The van der Waals surface area contributed by atoms with Gasteiger partial charge in [-0.2, -0.15) is 22.7 Å². The van der Waals surface area contributed by atoms with Crippen molar-refractivity contribution >= 4 is 17.7 Å². The average molecular weight is 464 g/mol. The molecule has 11 heteroatoms. The fraction of sp³-hybridized carbons (Fsp3) is 0.227. The number of aromatic amines is 1. The number of alkyl halides is 4. The van der Waals surface area contributed by atoms with Crippen LogP contribution in [-0.4, -0.2) is 34.3 Å². The lowest BCUT2D eigenvalue weighted by molar-refractivity contribution is -0.111. The van der Waals surface area contributed by atoms with Gasteiger partial charge in [-0.05, 0) is 30.3 Å². The molecule has 1 amide bonds. The number of benzene rings is 2. The van der Waals surface area contributed by atoms with Gasteiger partial charge in [-0.1, -0.05) is 26.0 Å². The van der Waals surface area contributed by atoms with E-state index in [-0.39, 0.29) is 17.2 Å². The number of nitrogens with one attached hydrogen (secondary N) is 2. The van der Waals surface area contributed by atoms with Crippen molar-refractivity contribution in [1.29, 1.82) is 0 Å². The van der Waals surface area contributed by atoms with Gasteiger partial charge >= 0.3 is 13.2 Å². The summed E-state index contributed by atoms with van der Waals surface area (Å²) in [5, 5.41) is 9.71. The predicted molar refractivity (Wildman–Crippen MR) is 113 cm³/mol. The van der Waals surface area contributed by atoms with E-state index in [0.717, 1.165) is 18.2 Å². The Morgan fingerprint density at radius 2 is 1.79 bits per heavy atom. The van der Waals surface area contributed by atoms with E-state index in [2.05, 4.69) is 30.0 Å². The summed E-state index contributed by atoms with van der Waals surface area (Å²) in [7, 11) is 0. The van der Waals surface area contributed by atoms with Crippen LogP contribution in [0.5, 0.6) is 11.5 Å². The van der Waals surface area contributed by atoms with Crippen LogP contribution >= 0.6 is 0 Å². The summed E-state index contributed by atoms with van der Waals surface area (Å²) >= 11 is 0. The Balaban J connectivity index is 1.79. The molecule has 1 heterocycles. The summed E-state index contributed by atoms with van der Waals surface area (Å²) in [6, 6.07) is 10.1. The molecule has 33 heavy (non-hydrogen) atoms. The third-order valence-electron chi connectivity index (χ3n) is 4.32. The lowest BCUT2D eigenvalue weighted by Gasteiger charge is -2.11. The molecule has 174 valence electrons. The molecule has 3 aromatic rings. The first-order valence-corrected chi connectivity index (χ1v) is 9.77. The molecule has 0 atom stereocenters. The minimum atomic E-state index is -3.20. The van der Waals surface area contributed by atoms with Crippen LogP contribution in [0.1, 0.15) is 31.2 Å². The number of ether oxygens (including phenoxy) is 2. The number of rotatable bonds is 9. The minimum Gasteiger partial charge on any atom is -0.435 e. The molecule has 1 aromatic heterocycles. The summed E-state index contributed by atoms with van der Waals surface area (Å²) in [5.41, 5.74) is 1.08. The fourth-order valence-electron chi connectivity index (χ4n) is 2.81. The van der Waals surface area contributed by atoms with Crippen molar-refractivity contribution in [2.24, 2.45) is 0 Å². The first-order valence-electron chi connectivity index (χ1n) is 9.77. The van der Waals surface area contributed by atoms with Gasteiger partial charge in [0, 0.05) is 29.2 Å². The molecule has 2 aromatic carbocycles. The highest BCUT2D eigenvalue weighted by Crippen LogP contribution is 2.29. The largest absolute Gasteiger partial charge is 0.435 e. The number of carbonyl (C=O) groups is 1. The van der Waals surface area contributed by atoms with E-state index in [1.165, 1.54) is 12.1 Å². The van der Waals surface area contributed by atoms with Crippen LogP contribution < -0.4 is 14.8 Å². The molecule has 0 aliphatic rings. The zero-order valence-electron chi connectivity index (χ0n) is 17.6. The first-order chi connectivity index (χ1) is 15.7. The summed E-state index contributed by atoms with van der Waals surface area (Å²) in [5.74, 6) is -0.119. The average Bonchev–Trinajstić information content (AvgIpc) is 3.23. The fourth-order valence-corrected chi connectivity index (χ4v) is 2.81. The van der Waals surface area contributed by atoms with Gasteiger partial charge in [-0.3, -0.25) is 9.89 Å². The van der Waals surface area contributed by atoms with Gasteiger partial charge in [0.1, 0.15) is 17.3 Å². The molecule has 0 fully saturated rings. The van der Waals surface area contributed by atoms with E-state index in [1.54, 1.807) is 24.3 Å². The van der Waals surface area contributed by atoms with E-state index in [4.69, 9.17) is 0 Å². The number of amides is 1. The van der Waals surface area contributed by atoms with Crippen LogP contribution in [0.3, 0.4) is 0 Å². The van der Waals surface area contributed by atoms with Crippen LogP contribution in [0.25, 0.3) is 17.5 Å². The maximum absolute atomic E-state index is 12.7. The van der Waals surface area contributed by atoms with Crippen molar-refractivity contribution in [3.05, 3.63) is 59.9 Å². The summed E-state index contributed by atoms with van der Waals surface area (Å²) in [6.45, 7) is -2.41. The molecule has 0 saturated carbocycles. The van der Waals surface area contributed by atoms with Crippen molar-refractivity contribution in [2.75, 3.05) is 5.32 Å². The SMILES string of the molecule is CC(C)c1nc(-c2ccccc2NC(=O)/C=C/c2ccc(OC(F)F)cc2OC(F)F)n[nH]1. The topological polar surface area (TPSA) is 89.1 Å². The minimum absolute atomic E-state index is 0.0656. The third-order valence-corrected chi connectivity index (χ3v) is 4.32. The normalized spacial score (nSPS) is 11.5. The molecule has 3 rings (SSSR count). The quantitative estimate of drug-likeness (QED) is 0.325. The summed E-state index contributed by atoms with van der Waals surface area (Å²) in [4.78, 5) is 16.9. The van der Waals surface area contributed by atoms with Gasteiger partial charge in [-0.15, -0.1) is 0 Å². The Bertz CT molecular complexity index is 1130. The van der Waals surface area contributed by atoms with Crippen molar-refractivity contribution < 1.29 is 31.8 Å². The van der Waals surface area contributed by atoms with Gasteiger partial charge in [0.15, 0.2) is 5.82 Å². The number of H-pyrrole nitrogens is 1. The van der Waals surface area contributed by atoms with Crippen molar-refractivity contribution in [3.8, 4) is 22.9 Å². The third kappa shape index (κ3) is 6.55. The van der Waals surface area contributed by atoms with Crippen LogP contribution in [-0.2, 0) is 4.79 Å². The molecule has 0 saturated heterocycles. The number of carbonyl (C=O) groups excluding carboxylic acids is 1. The standard InChI is InChI=1S/C22H20F4N4O3/c1-12(2)19-28-20(30-29-19)15-5-3-4-6-16(15)27-18(31)10-8-13-7-9-14(32-21(23)24)11-17(13)33-22(25)26/h3-12,21-22H,1-2H3,(H,27,31)(H,28,29,30)/b10-8+. The molecule has 0 bridgehead atoms. The second-order valence-electron chi connectivity index (χ2n) is 7.02. The van der Waals surface area contributed by atoms with Crippen molar-refractivity contribution in [2.45, 2.75) is 33.0 Å². The number of halogens is 4. The number of hydrogen-bond donors (Lipinski definition) is 2. The van der Waals surface area contributed by atoms with Crippen molar-refractivity contribution in [3.63, 3.8) is 0 Å². The Morgan fingerprint density at radius 3 is 2.45 bits per heavy atom. The van der Waals surface area contributed by atoms with E-state index >= 15 is 0 Å². The zero-order valence-corrected chi connectivity index (χ0v) is 17.6. The van der Waals surface area contributed by atoms with Crippen LogP contribution in [0.4, 0.5) is 23.2 Å². The van der Waals surface area contributed by atoms with Gasteiger partial charge < -0.3 is 14.8 Å². The summed E-state index contributed by atoms with van der Waals surface area (Å²) < 4.78 is 58.7. The Labute approximate surface area is 186 Å². The Morgan fingerprint density at radius 1 is 1.06 bits per heavy atom.